The van der Waals surface area contributed by atoms with Crippen molar-refractivity contribution < 1.29 is 27.5 Å². The Morgan fingerprint density at radius 2 is 2.05 bits per heavy atom. The number of hydrogen-bond donors (Lipinski definition) is 3. The van der Waals surface area contributed by atoms with E-state index in [0.29, 0.717) is 26.2 Å². The Kier molecular flexibility index (Phi) is 6.90. The van der Waals surface area contributed by atoms with E-state index in [0.717, 1.165) is 0 Å². The average molecular weight is 311 g/mol. The fraction of sp³-hybridized carbons (Fsp3) is 0.833. The van der Waals surface area contributed by atoms with Gasteiger partial charge in [0.2, 0.25) is 11.8 Å². The van der Waals surface area contributed by atoms with Crippen LogP contribution in [0.15, 0.2) is 0 Å². The highest BCUT2D eigenvalue weighted by molar-refractivity contribution is 6.00. The minimum Gasteiger partial charge on any atom is -0.383 e. The molecule has 1 heterocycles. The van der Waals surface area contributed by atoms with Gasteiger partial charge in [0.05, 0.1) is 6.61 Å². The molecule has 0 aliphatic carbocycles. The van der Waals surface area contributed by atoms with Crippen molar-refractivity contribution in [3.05, 3.63) is 0 Å². The highest BCUT2D eigenvalue weighted by Crippen LogP contribution is 2.28. The number of halogens is 3. The van der Waals surface area contributed by atoms with Crippen LogP contribution in [0.5, 0.6) is 0 Å². The van der Waals surface area contributed by atoms with Crippen molar-refractivity contribution in [1.82, 2.24) is 16.0 Å². The van der Waals surface area contributed by atoms with Crippen LogP contribution in [0.1, 0.15) is 12.8 Å². The van der Waals surface area contributed by atoms with Crippen LogP contribution in [0.25, 0.3) is 0 Å². The second-order valence-corrected chi connectivity index (χ2v) is 4.77. The molecule has 6 nitrogen and oxygen atoms in total. The van der Waals surface area contributed by atoms with E-state index in [-0.39, 0.29) is 12.8 Å². The lowest BCUT2D eigenvalue weighted by atomic mass is 9.93. The van der Waals surface area contributed by atoms with Gasteiger partial charge in [-0.05, 0) is 12.8 Å². The summed E-state index contributed by atoms with van der Waals surface area (Å²) in [5.41, 5.74) is 0. The van der Waals surface area contributed by atoms with Crippen LogP contribution in [0.4, 0.5) is 13.2 Å². The minimum atomic E-state index is -4.47. The molecule has 0 aromatic heterocycles. The molecule has 1 aliphatic heterocycles. The maximum atomic E-state index is 12.5. The maximum absolute atomic E-state index is 12.5. The summed E-state index contributed by atoms with van der Waals surface area (Å²) in [5, 5.41) is 7.37. The Morgan fingerprint density at radius 1 is 1.33 bits per heavy atom. The third-order valence-electron chi connectivity index (χ3n) is 3.17. The Labute approximate surface area is 120 Å². The molecular weight excluding hydrogens is 291 g/mol. The van der Waals surface area contributed by atoms with E-state index >= 15 is 0 Å². The number of amides is 2. The van der Waals surface area contributed by atoms with Gasteiger partial charge in [0.1, 0.15) is 12.0 Å². The average Bonchev–Trinajstić information content (AvgIpc) is 2.41. The number of carbonyl (C=O) groups is 2. The van der Waals surface area contributed by atoms with Crippen molar-refractivity contribution in [1.29, 1.82) is 0 Å². The predicted molar refractivity (Wildman–Crippen MR) is 68.5 cm³/mol. The molecule has 0 spiro atoms. The van der Waals surface area contributed by atoms with E-state index in [1.165, 1.54) is 0 Å². The molecule has 2 atom stereocenters. The van der Waals surface area contributed by atoms with E-state index in [1.54, 1.807) is 7.11 Å². The van der Waals surface area contributed by atoms with Crippen molar-refractivity contribution in [2.24, 2.45) is 5.92 Å². The molecule has 1 fully saturated rings. The monoisotopic (exact) mass is 311 g/mol. The first-order valence-corrected chi connectivity index (χ1v) is 6.70. The van der Waals surface area contributed by atoms with Crippen LogP contribution in [0.2, 0.25) is 0 Å². The summed E-state index contributed by atoms with van der Waals surface area (Å²) in [5.74, 6) is -2.46. The summed E-state index contributed by atoms with van der Waals surface area (Å²) in [7, 11) is 1.57. The zero-order valence-corrected chi connectivity index (χ0v) is 11.8. The van der Waals surface area contributed by atoms with Crippen molar-refractivity contribution in [3.8, 4) is 0 Å². The molecule has 0 aromatic carbocycles. The van der Waals surface area contributed by atoms with Gasteiger partial charge in [0.15, 0.2) is 0 Å². The molecule has 0 saturated carbocycles. The van der Waals surface area contributed by atoms with Gasteiger partial charge >= 0.3 is 6.18 Å². The fourth-order valence-corrected chi connectivity index (χ4v) is 2.00. The molecule has 1 aliphatic rings. The maximum Gasteiger partial charge on any atom is 0.408 e. The first-order chi connectivity index (χ1) is 9.86. The first-order valence-electron chi connectivity index (χ1n) is 6.70. The van der Waals surface area contributed by atoms with Gasteiger partial charge < -0.3 is 20.7 Å². The van der Waals surface area contributed by atoms with Crippen molar-refractivity contribution in [2.75, 3.05) is 33.4 Å². The van der Waals surface area contributed by atoms with Gasteiger partial charge in [-0.15, -0.1) is 0 Å². The molecule has 21 heavy (non-hydrogen) atoms. The van der Waals surface area contributed by atoms with Gasteiger partial charge in [-0.1, -0.05) is 0 Å². The quantitative estimate of drug-likeness (QED) is 0.449. The molecule has 1 rings (SSSR count). The number of methoxy groups -OCH3 is 1. The first kappa shape index (κ1) is 17.7. The largest absolute Gasteiger partial charge is 0.408 e. The highest BCUT2D eigenvalue weighted by atomic mass is 19.4. The van der Waals surface area contributed by atoms with Crippen LogP contribution in [-0.2, 0) is 14.3 Å². The lowest BCUT2D eigenvalue weighted by molar-refractivity contribution is -0.171. The zero-order valence-electron chi connectivity index (χ0n) is 11.8. The SMILES string of the molecule is COCCNCCNC(=O)C1CCC(C(F)(F)F)NC1=O. The van der Waals surface area contributed by atoms with Gasteiger partial charge in [-0.2, -0.15) is 13.2 Å². The minimum absolute atomic E-state index is 0.0983. The lowest BCUT2D eigenvalue weighted by Crippen LogP contribution is -2.54. The zero-order chi connectivity index (χ0) is 15.9. The summed E-state index contributed by atoms with van der Waals surface area (Å²) in [6.07, 6.45) is -4.85. The fourth-order valence-electron chi connectivity index (χ4n) is 2.00. The highest BCUT2D eigenvalue weighted by Gasteiger charge is 2.45. The Bertz CT molecular complexity index is 363. The Balaban J connectivity index is 2.28. The standard InChI is InChI=1S/C12H20F3N3O3/c1-21-7-6-16-4-5-17-10(19)8-2-3-9(12(13,14)15)18-11(8)20/h8-9,16H,2-7H2,1H3,(H,17,19)(H,18,20). The molecule has 0 radical (unpaired) electrons. The summed E-state index contributed by atoms with van der Waals surface area (Å²) in [4.78, 5) is 23.3. The molecule has 1 saturated heterocycles. The van der Waals surface area contributed by atoms with Crippen LogP contribution in [0.3, 0.4) is 0 Å². The number of carbonyl (C=O) groups excluding carboxylic acids is 2. The van der Waals surface area contributed by atoms with Crippen LogP contribution in [0, 0.1) is 5.92 Å². The van der Waals surface area contributed by atoms with Crippen LogP contribution >= 0.6 is 0 Å². The second kappa shape index (κ2) is 8.18. The molecule has 2 amide bonds. The normalized spacial score (nSPS) is 22.8. The van der Waals surface area contributed by atoms with Crippen molar-refractivity contribution in [3.63, 3.8) is 0 Å². The molecule has 3 N–H and O–H groups in total. The van der Waals surface area contributed by atoms with Crippen LogP contribution in [-0.4, -0.2) is 57.4 Å². The molecule has 0 aromatic rings. The number of nitrogens with one attached hydrogen (secondary N) is 3. The van der Waals surface area contributed by atoms with Gasteiger partial charge in [-0.3, -0.25) is 9.59 Å². The molecular formula is C12H20F3N3O3. The Morgan fingerprint density at radius 3 is 2.62 bits per heavy atom. The second-order valence-electron chi connectivity index (χ2n) is 4.77. The number of rotatable bonds is 7. The molecule has 2 unspecified atom stereocenters. The number of piperidine rings is 1. The molecule has 0 bridgehead atoms. The van der Waals surface area contributed by atoms with E-state index in [1.807, 2.05) is 5.32 Å². The van der Waals surface area contributed by atoms with Crippen LogP contribution < -0.4 is 16.0 Å². The van der Waals surface area contributed by atoms with Gasteiger partial charge in [0.25, 0.3) is 0 Å². The third-order valence-corrected chi connectivity index (χ3v) is 3.17. The predicted octanol–water partition coefficient (Wildman–Crippen LogP) is -0.204. The lowest BCUT2D eigenvalue weighted by Gasteiger charge is -2.29. The summed E-state index contributed by atoms with van der Waals surface area (Å²) in [6.45, 7) is 1.96. The van der Waals surface area contributed by atoms with Crippen molar-refractivity contribution >= 4 is 11.8 Å². The van der Waals surface area contributed by atoms with Crippen molar-refractivity contribution in [2.45, 2.75) is 25.1 Å². The molecule has 122 valence electrons. The van der Waals surface area contributed by atoms with Gasteiger partial charge in [-0.25, -0.2) is 0 Å². The van der Waals surface area contributed by atoms with E-state index in [2.05, 4.69) is 10.6 Å². The van der Waals surface area contributed by atoms with Gasteiger partial charge in [0, 0.05) is 26.7 Å². The third kappa shape index (κ3) is 5.88. The Hall–Kier alpha value is -1.35. The topological polar surface area (TPSA) is 79.5 Å². The number of ether oxygens (including phenoxy) is 1. The summed E-state index contributed by atoms with van der Waals surface area (Å²) in [6, 6.07) is -1.86. The molecule has 9 heteroatoms. The van der Waals surface area contributed by atoms with E-state index in [9.17, 15) is 22.8 Å². The van der Waals surface area contributed by atoms with E-state index < -0.39 is 30.0 Å². The summed E-state index contributed by atoms with van der Waals surface area (Å²) < 4.78 is 42.2. The van der Waals surface area contributed by atoms with E-state index in [4.69, 9.17) is 4.74 Å². The number of alkyl halides is 3. The number of hydrogen-bond acceptors (Lipinski definition) is 4. The smallest absolute Gasteiger partial charge is 0.383 e. The summed E-state index contributed by atoms with van der Waals surface area (Å²) >= 11 is 0.